The summed E-state index contributed by atoms with van der Waals surface area (Å²) in [6, 6.07) is 19.5. The van der Waals surface area contributed by atoms with Crippen LogP contribution in [0.1, 0.15) is 34.8 Å². The summed E-state index contributed by atoms with van der Waals surface area (Å²) in [6.45, 7) is 8.88. The zero-order chi connectivity index (χ0) is 29.7. The summed E-state index contributed by atoms with van der Waals surface area (Å²) in [5, 5.41) is 1.18. The van der Waals surface area contributed by atoms with Gasteiger partial charge in [0.1, 0.15) is 0 Å². The third-order valence-electron chi connectivity index (χ3n) is 7.42. The van der Waals surface area contributed by atoms with E-state index < -0.39 is 10.0 Å². The van der Waals surface area contributed by atoms with E-state index >= 15 is 0 Å². The van der Waals surface area contributed by atoms with Crippen molar-refractivity contribution >= 4 is 54.2 Å². The summed E-state index contributed by atoms with van der Waals surface area (Å²) in [5.41, 5.74) is 3.08. The average molecular weight is 627 g/mol. The number of ether oxygens (including phenoxy) is 1. The molecule has 1 amide bonds. The van der Waals surface area contributed by atoms with E-state index in [-0.39, 0.29) is 17.3 Å². The van der Waals surface area contributed by atoms with Gasteiger partial charge in [-0.05, 0) is 54.8 Å². The second-order valence-electron chi connectivity index (χ2n) is 10.2. The molecule has 0 N–H and O–H groups in total. The molecule has 3 aromatic carbocycles. The van der Waals surface area contributed by atoms with E-state index in [2.05, 4.69) is 4.90 Å². The number of carbonyl (C=O) groups is 1. The second kappa shape index (κ2) is 13.6. The molecule has 0 atom stereocenters. The number of anilines is 1. The zero-order valence-electron chi connectivity index (χ0n) is 23.8. The van der Waals surface area contributed by atoms with E-state index in [9.17, 15) is 13.2 Å². The summed E-state index contributed by atoms with van der Waals surface area (Å²) in [7, 11) is -3.75. The number of fused-ring (bicyclic) bond motifs is 1. The Morgan fingerprint density at radius 1 is 1.05 bits per heavy atom. The SMILES string of the molecule is CCN(Cc1ccccc1)S(=O)(=O)c1ccc(C(=O)N(CCCN2CCOCC2)c2nc3c(C)ccc(Cl)c3s2)cc1. The first kappa shape index (κ1) is 30.6. The molecule has 1 aliphatic heterocycles. The molecule has 1 aromatic heterocycles. The minimum atomic E-state index is -3.75. The number of sulfonamides is 1. The summed E-state index contributed by atoms with van der Waals surface area (Å²) >= 11 is 7.88. The number of amides is 1. The summed E-state index contributed by atoms with van der Waals surface area (Å²) in [6.07, 6.45) is 0.756. The summed E-state index contributed by atoms with van der Waals surface area (Å²) in [4.78, 5) is 22.9. The lowest BCUT2D eigenvalue weighted by Crippen LogP contribution is -2.39. The van der Waals surface area contributed by atoms with Gasteiger partial charge < -0.3 is 4.74 Å². The highest BCUT2D eigenvalue weighted by atomic mass is 35.5. The van der Waals surface area contributed by atoms with Crippen molar-refractivity contribution in [3.8, 4) is 0 Å². The standard InChI is InChI=1S/C31H35ClN4O4S2/c1-3-35(22-24-8-5-4-6-9-24)42(38,39)26-13-11-25(12-14-26)30(37)36(17-7-16-34-18-20-40-21-19-34)31-33-28-23(2)10-15-27(32)29(28)41-31/h4-6,8-15H,3,7,16-22H2,1-2H3. The lowest BCUT2D eigenvalue weighted by molar-refractivity contribution is 0.0376. The molecule has 1 saturated heterocycles. The molecular weight excluding hydrogens is 592 g/mol. The van der Waals surface area contributed by atoms with Gasteiger partial charge in [-0.3, -0.25) is 14.6 Å². The van der Waals surface area contributed by atoms with Gasteiger partial charge >= 0.3 is 0 Å². The topological polar surface area (TPSA) is 83.1 Å². The van der Waals surface area contributed by atoms with Crippen molar-refractivity contribution in [2.45, 2.75) is 31.7 Å². The van der Waals surface area contributed by atoms with Crippen LogP contribution in [0.25, 0.3) is 10.2 Å². The molecule has 42 heavy (non-hydrogen) atoms. The number of morpholine rings is 1. The van der Waals surface area contributed by atoms with Crippen LogP contribution in [0.5, 0.6) is 0 Å². The van der Waals surface area contributed by atoms with E-state index in [1.165, 1.54) is 27.8 Å². The average Bonchev–Trinajstić information content (AvgIpc) is 3.47. The van der Waals surface area contributed by atoms with Crippen LogP contribution < -0.4 is 4.90 Å². The van der Waals surface area contributed by atoms with Gasteiger partial charge in [0.25, 0.3) is 5.91 Å². The molecule has 5 rings (SSSR count). The molecule has 222 valence electrons. The molecule has 4 aromatic rings. The van der Waals surface area contributed by atoms with Gasteiger partial charge in [0.2, 0.25) is 10.0 Å². The predicted molar refractivity (Wildman–Crippen MR) is 169 cm³/mol. The molecule has 0 aliphatic carbocycles. The van der Waals surface area contributed by atoms with Gasteiger partial charge in [-0.15, -0.1) is 0 Å². The number of hydrogen-bond acceptors (Lipinski definition) is 7. The quantitative estimate of drug-likeness (QED) is 0.208. The maximum atomic E-state index is 13.9. The van der Waals surface area contributed by atoms with Crippen molar-refractivity contribution in [3.05, 3.63) is 88.4 Å². The van der Waals surface area contributed by atoms with E-state index in [1.54, 1.807) is 17.0 Å². The van der Waals surface area contributed by atoms with E-state index in [4.69, 9.17) is 21.3 Å². The largest absolute Gasteiger partial charge is 0.379 e. The fourth-order valence-electron chi connectivity index (χ4n) is 5.00. The molecule has 0 radical (unpaired) electrons. The number of carbonyl (C=O) groups excluding carboxylic acids is 1. The van der Waals surface area contributed by atoms with Gasteiger partial charge in [-0.2, -0.15) is 4.31 Å². The number of aryl methyl sites for hydroxylation is 1. The second-order valence-corrected chi connectivity index (χ2v) is 13.6. The molecule has 1 aliphatic rings. The minimum Gasteiger partial charge on any atom is -0.379 e. The first-order chi connectivity index (χ1) is 20.3. The maximum absolute atomic E-state index is 13.9. The number of nitrogens with zero attached hydrogens (tertiary/aromatic N) is 4. The smallest absolute Gasteiger partial charge is 0.260 e. The lowest BCUT2D eigenvalue weighted by Gasteiger charge is -2.27. The maximum Gasteiger partial charge on any atom is 0.260 e. The van der Waals surface area contributed by atoms with Crippen LogP contribution >= 0.6 is 22.9 Å². The van der Waals surface area contributed by atoms with Crippen LogP contribution in [0, 0.1) is 6.92 Å². The monoisotopic (exact) mass is 626 g/mol. The van der Waals surface area contributed by atoms with Crippen molar-refractivity contribution in [3.63, 3.8) is 0 Å². The first-order valence-electron chi connectivity index (χ1n) is 14.1. The van der Waals surface area contributed by atoms with Gasteiger partial charge in [0, 0.05) is 44.8 Å². The molecule has 1 fully saturated rings. The van der Waals surface area contributed by atoms with E-state index in [0.29, 0.717) is 42.0 Å². The molecule has 0 bridgehead atoms. The molecule has 2 heterocycles. The Kier molecular flexibility index (Phi) is 9.92. The van der Waals surface area contributed by atoms with Gasteiger partial charge in [-0.1, -0.05) is 66.3 Å². The van der Waals surface area contributed by atoms with Crippen molar-refractivity contribution in [2.24, 2.45) is 0 Å². The zero-order valence-corrected chi connectivity index (χ0v) is 26.2. The number of aromatic nitrogens is 1. The van der Waals surface area contributed by atoms with Crippen LogP contribution in [0.3, 0.4) is 0 Å². The summed E-state index contributed by atoms with van der Waals surface area (Å²) < 4.78 is 34.7. The molecular formula is C31H35ClN4O4S2. The molecule has 8 nitrogen and oxygen atoms in total. The third-order valence-corrected chi connectivity index (χ3v) is 10.9. The number of hydrogen-bond donors (Lipinski definition) is 0. The van der Waals surface area contributed by atoms with Crippen molar-refractivity contribution in [1.82, 2.24) is 14.2 Å². The Hall–Kier alpha value is -2.86. The molecule has 11 heteroatoms. The van der Waals surface area contributed by atoms with Crippen molar-refractivity contribution in [1.29, 1.82) is 0 Å². The Labute approximate surface area is 256 Å². The van der Waals surface area contributed by atoms with Gasteiger partial charge in [-0.25, -0.2) is 13.4 Å². The normalized spacial score (nSPS) is 14.5. The highest BCUT2D eigenvalue weighted by Gasteiger charge is 2.26. The first-order valence-corrected chi connectivity index (χ1v) is 16.7. The van der Waals surface area contributed by atoms with Crippen LogP contribution in [-0.4, -0.2) is 74.5 Å². The van der Waals surface area contributed by atoms with E-state index in [0.717, 1.165) is 47.4 Å². The molecule has 0 unspecified atom stereocenters. The molecule has 0 saturated carbocycles. The number of halogens is 1. The number of thiazole rings is 1. The van der Waals surface area contributed by atoms with Crippen molar-refractivity contribution < 1.29 is 17.9 Å². The Morgan fingerprint density at radius 3 is 2.43 bits per heavy atom. The number of benzene rings is 3. The van der Waals surface area contributed by atoms with Gasteiger partial charge in [0.15, 0.2) is 5.13 Å². The Balaban J connectivity index is 1.39. The highest BCUT2D eigenvalue weighted by molar-refractivity contribution is 7.89. The van der Waals surface area contributed by atoms with Crippen molar-refractivity contribution in [2.75, 3.05) is 50.8 Å². The fourth-order valence-corrected chi connectivity index (χ4v) is 7.77. The third kappa shape index (κ3) is 6.85. The van der Waals surface area contributed by atoms with Gasteiger partial charge in [0.05, 0.1) is 33.3 Å². The Bertz CT molecular complexity index is 1580. The highest BCUT2D eigenvalue weighted by Crippen LogP contribution is 2.36. The Morgan fingerprint density at radius 2 is 1.76 bits per heavy atom. The predicted octanol–water partition coefficient (Wildman–Crippen LogP) is 5.84. The summed E-state index contributed by atoms with van der Waals surface area (Å²) in [5.74, 6) is -0.231. The van der Waals surface area contributed by atoms with Crippen LogP contribution in [0.4, 0.5) is 5.13 Å². The number of rotatable bonds is 11. The van der Waals surface area contributed by atoms with Crippen LogP contribution in [0.15, 0.2) is 71.6 Å². The minimum absolute atomic E-state index is 0.151. The lowest BCUT2D eigenvalue weighted by atomic mass is 10.2. The van der Waals surface area contributed by atoms with E-state index in [1.807, 2.05) is 56.3 Å². The van der Waals surface area contributed by atoms with Crippen LogP contribution in [-0.2, 0) is 21.3 Å². The fraction of sp³-hybridized carbons (Fsp3) is 0.355. The molecule has 0 spiro atoms. The van der Waals surface area contributed by atoms with Crippen LogP contribution in [0.2, 0.25) is 5.02 Å².